The third kappa shape index (κ3) is 2.47. The highest BCUT2D eigenvalue weighted by Crippen LogP contribution is 2.36. The van der Waals surface area contributed by atoms with Crippen LogP contribution in [-0.2, 0) is 9.12 Å². The van der Waals surface area contributed by atoms with Crippen LogP contribution in [0.1, 0.15) is 12.5 Å². The molecule has 0 amide bonds. The highest BCUT2D eigenvalue weighted by Gasteiger charge is 2.24. The van der Waals surface area contributed by atoms with Crippen LogP contribution in [0.25, 0.3) is 11.1 Å². The summed E-state index contributed by atoms with van der Waals surface area (Å²) < 4.78 is -0.639. The fourth-order valence-electron chi connectivity index (χ4n) is 1.84. The summed E-state index contributed by atoms with van der Waals surface area (Å²) in [6.07, 6.45) is 0.925. The molecule has 0 fully saturated rings. The molecule has 0 aliphatic heterocycles. The van der Waals surface area contributed by atoms with Gasteiger partial charge in [0.05, 0.1) is 0 Å². The van der Waals surface area contributed by atoms with E-state index in [1.165, 1.54) is 0 Å². The minimum absolute atomic E-state index is 0.639. The normalized spacial score (nSPS) is 14.0. The largest absolute Gasteiger partial charge is 0.301 e. The van der Waals surface area contributed by atoms with E-state index in [0.29, 0.717) is 0 Å². The predicted molar refractivity (Wildman–Crippen MR) is 74.2 cm³/mol. The molecular weight excluding hydrogens is 276 g/mol. The van der Waals surface area contributed by atoms with Gasteiger partial charge in [-0.05, 0) is 23.6 Å². The van der Waals surface area contributed by atoms with Gasteiger partial charge in [-0.25, -0.2) is 0 Å². The third-order valence-corrected chi connectivity index (χ3v) is 3.37. The lowest BCUT2D eigenvalue weighted by Crippen LogP contribution is -2.15. The number of aldehydes is 1. The Morgan fingerprint density at radius 2 is 1.59 bits per heavy atom. The summed E-state index contributed by atoms with van der Waals surface area (Å²) in [7, 11) is 0. The predicted octanol–water partition coefficient (Wildman–Crippen LogP) is 4.16. The Hall–Kier alpha value is -1.41. The van der Waals surface area contributed by atoms with Crippen LogP contribution in [-0.4, -0.2) is 6.29 Å². The molecule has 0 radical (unpaired) electrons. The first-order chi connectivity index (χ1) is 8.15. The van der Waals surface area contributed by atoms with E-state index in [0.717, 1.165) is 23.0 Å². The molecule has 2 heteroatoms. The number of alkyl halides is 1. The summed E-state index contributed by atoms with van der Waals surface area (Å²) in [6, 6.07) is 18.0. The molecular formula is C15H13BrO. The van der Waals surface area contributed by atoms with Crippen LogP contribution in [0, 0.1) is 0 Å². The number of halogens is 1. The number of carbonyl (C=O) groups excluding carboxylic acids is 1. The molecule has 0 aliphatic rings. The van der Waals surface area contributed by atoms with Crippen molar-refractivity contribution in [1.29, 1.82) is 0 Å². The Balaban J connectivity index is 2.60. The number of carbonyl (C=O) groups is 1. The van der Waals surface area contributed by atoms with E-state index < -0.39 is 4.32 Å². The fraction of sp³-hybridized carbons (Fsp3) is 0.133. The molecule has 0 aliphatic carbocycles. The molecule has 1 nitrogen and oxygen atoms in total. The third-order valence-electron chi connectivity index (χ3n) is 2.76. The number of rotatable bonds is 3. The van der Waals surface area contributed by atoms with Crippen LogP contribution >= 0.6 is 15.9 Å². The second kappa shape index (κ2) is 4.84. The SMILES string of the molecule is CC(Br)(C=O)c1ccccc1-c1ccccc1. The van der Waals surface area contributed by atoms with E-state index in [2.05, 4.69) is 15.9 Å². The summed E-state index contributed by atoms with van der Waals surface area (Å²) in [5, 5.41) is 0. The van der Waals surface area contributed by atoms with Gasteiger partial charge in [-0.3, -0.25) is 0 Å². The molecule has 0 heterocycles. The van der Waals surface area contributed by atoms with Crippen molar-refractivity contribution in [3.63, 3.8) is 0 Å². The van der Waals surface area contributed by atoms with Crippen molar-refractivity contribution >= 4 is 22.2 Å². The molecule has 17 heavy (non-hydrogen) atoms. The van der Waals surface area contributed by atoms with Gasteiger partial charge in [-0.15, -0.1) is 0 Å². The standard InChI is InChI=1S/C15H13BrO/c1-15(16,11-17)14-10-6-5-9-13(14)12-7-3-2-4-8-12/h2-11H,1H3. The molecule has 0 aromatic heterocycles. The summed E-state index contributed by atoms with van der Waals surface area (Å²) >= 11 is 3.47. The topological polar surface area (TPSA) is 17.1 Å². The molecule has 86 valence electrons. The van der Waals surface area contributed by atoms with Gasteiger partial charge < -0.3 is 4.79 Å². The maximum atomic E-state index is 11.2. The molecule has 0 bridgehead atoms. The van der Waals surface area contributed by atoms with E-state index in [9.17, 15) is 4.79 Å². The Kier molecular flexibility index (Phi) is 3.43. The second-order valence-corrected chi connectivity index (χ2v) is 5.75. The minimum Gasteiger partial charge on any atom is -0.301 e. The first kappa shape index (κ1) is 12.1. The van der Waals surface area contributed by atoms with Crippen LogP contribution < -0.4 is 0 Å². The van der Waals surface area contributed by atoms with Gasteiger partial charge >= 0.3 is 0 Å². The lowest BCUT2D eigenvalue weighted by Gasteiger charge is -2.19. The molecule has 0 saturated carbocycles. The quantitative estimate of drug-likeness (QED) is 0.612. The maximum Gasteiger partial charge on any atom is 0.140 e. The summed E-state index contributed by atoms with van der Waals surface area (Å²) in [5.74, 6) is 0. The molecule has 1 atom stereocenters. The van der Waals surface area contributed by atoms with Crippen LogP contribution in [0.15, 0.2) is 54.6 Å². The zero-order chi connectivity index (χ0) is 12.3. The maximum absolute atomic E-state index is 11.2. The van der Waals surface area contributed by atoms with Crippen molar-refractivity contribution in [3.8, 4) is 11.1 Å². The number of hydrogen-bond donors (Lipinski definition) is 0. The van der Waals surface area contributed by atoms with Gasteiger partial charge in [0.2, 0.25) is 0 Å². The van der Waals surface area contributed by atoms with Crippen molar-refractivity contribution in [3.05, 3.63) is 60.2 Å². The van der Waals surface area contributed by atoms with Gasteiger partial charge in [-0.2, -0.15) is 0 Å². The van der Waals surface area contributed by atoms with Gasteiger partial charge in [0, 0.05) is 0 Å². The van der Waals surface area contributed by atoms with E-state index in [4.69, 9.17) is 0 Å². The summed E-state index contributed by atoms with van der Waals surface area (Å²) in [6.45, 7) is 1.86. The van der Waals surface area contributed by atoms with E-state index in [1.54, 1.807) is 0 Å². The Labute approximate surface area is 110 Å². The van der Waals surface area contributed by atoms with E-state index in [-0.39, 0.29) is 0 Å². The molecule has 1 unspecified atom stereocenters. The fourth-order valence-corrected chi connectivity index (χ4v) is 2.19. The average molecular weight is 289 g/mol. The summed E-state index contributed by atoms with van der Waals surface area (Å²) in [4.78, 5) is 11.2. The van der Waals surface area contributed by atoms with Crippen molar-refractivity contribution < 1.29 is 4.79 Å². The number of hydrogen-bond acceptors (Lipinski definition) is 1. The Morgan fingerprint density at radius 3 is 2.24 bits per heavy atom. The lowest BCUT2D eigenvalue weighted by atomic mass is 9.92. The van der Waals surface area contributed by atoms with Crippen molar-refractivity contribution in [2.45, 2.75) is 11.2 Å². The molecule has 2 rings (SSSR count). The van der Waals surface area contributed by atoms with Gasteiger partial charge in [0.1, 0.15) is 10.6 Å². The zero-order valence-corrected chi connectivity index (χ0v) is 11.1. The van der Waals surface area contributed by atoms with E-state index in [1.807, 2.05) is 61.5 Å². The molecule has 0 N–H and O–H groups in total. The summed E-state index contributed by atoms with van der Waals surface area (Å²) in [5.41, 5.74) is 3.19. The second-order valence-electron chi connectivity index (χ2n) is 4.11. The molecule has 2 aromatic carbocycles. The van der Waals surface area contributed by atoms with Crippen molar-refractivity contribution in [2.75, 3.05) is 0 Å². The van der Waals surface area contributed by atoms with E-state index >= 15 is 0 Å². The van der Waals surface area contributed by atoms with Crippen molar-refractivity contribution in [2.24, 2.45) is 0 Å². The number of benzene rings is 2. The van der Waals surface area contributed by atoms with Gasteiger partial charge in [0.25, 0.3) is 0 Å². The zero-order valence-electron chi connectivity index (χ0n) is 9.56. The molecule has 2 aromatic rings. The molecule has 0 saturated heterocycles. The minimum atomic E-state index is -0.639. The average Bonchev–Trinajstić information content (AvgIpc) is 2.40. The Morgan fingerprint density at radius 1 is 1.00 bits per heavy atom. The molecule has 0 spiro atoms. The van der Waals surface area contributed by atoms with Crippen LogP contribution in [0.3, 0.4) is 0 Å². The van der Waals surface area contributed by atoms with Crippen LogP contribution in [0.4, 0.5) is 0 Å². The highest BCUT2D eigenvalue weighted by atomic mass is 79.9. The van der Waals surface area contributed by atoms with Gasteiger partial charge in [-0.1, -0.05) is 70.5 Å². The van der Waals surface area contributed by atoms with Gasteiger partial charge in [0.15, 0.2) is 0 Å². The Bertz CT molecular complexity index is 517. The first-order valence-electron chi connectivity index (χ1n) is 5.45. The van der Waals surface area contributed by atoms with Crippen LogP contribution in [0.2, 0.25) is 0 Å². The lowest BCUT2D eigenvalue weighted by molar-refractivity contribution is -0.109. The highest BCUT2D eigenvalue weighted by molar-refractivity contribution is 9.10. The first-order valence-corrected chi connectivity index (χ1v) is 6.24. The smallest absolute Gasteiger partial charge is 0.140 e. The monoisotopic (exact) mass is 288 g/mol. The van der Waals surface area contributed by atoms with Crippen molar-refractivity contribution in [1.82, 2.24) is 0 Å². The van der Waals surface area contributed by atoms with Crippen LogP contribution in [0.5, 0.6) is 0 Å².